The van der Waals surface area contributed by atoms with Crippen LogP contribution < -0.4 is 10.6 Å². The van der Waals surface area contributed by atoms with E-state index in [1.807, 2.05) is 32.2 Å². The molecule has 146 valence electrons. The third-order valence-electron chi connectivity index (χ3n) is 4.30. The van der Waals surface area contributed by atoms with Crippen LogP contribution >= 0.6 is 23.2 Å². The summed E-state index contributed by atoms with van der Waals surface area (Å²) in [6.07, 6.45) is 2.60. The lowest BCUT2D eigenvalue weighted by molar-refractivity contribution is -0.116. The molecule has 0 saturated heterocycles. The topological polar surface area (TPSA) is 75.5 Å². The summed E-state index contributed by atoms with van der Waals surface area (Å²) in [5.74, 6) is -0.366. The van der Waals surface area contributed by atoms with Crippen LogP contribution in [0.5, 0.6) is 0 Å². The van der Waals surface area contributed by atoms with E-state index in [4.69, 9.17) is 23.2 Å². The normalized spacial score (nSPS) is 10.9. The van der Waals surface area contributed by atoms with Crippen LogP contribution in [0.2, 0.25) is 10.0 Å². The second kappa shape index (κ2) is 8.63. The van der Waals surface area contributed by atoms with Crippen LogP contribution in [0.3, 0.4) is 0 Å². The Hall–Kier alpha value is -2.57. The number of aryl methyl sites for hydroxylation is 2. The van der Waals surface area contributed by atoms with E-state index in [0.29, 0.717) is 40.1 Å². The second-order valence-electron chi connectivity index (χ2n) is 6.47. The summed E-state index contributed by atoms with van der Waals surface area (Å²) in [6.45, 7) is 4.15. The number of fused-ring (bicyclic) bond motifs is 1. The van der Waals surface area contributed by atoms with Crippen molar-refractivity contribution in [3.63, 3.8) is 0 Å². The Morgan fingerprint density at radius 3 is 2.68 bits per heavy atom. The first-order valence-corrected chi connectivity index (χ1v) is 9.60. The zero-order chi connectivity index (χ0) is 20.3. The highest BCUT2D eigenvalue weighted by molar-refractivity contribution is 6.42. The molecule has 6 nitrogen and oxygen atoms in total. The number of anilines is 1. The number of carbonyl (C=O) groups is 2. The van der Waals surface area contributed by atoms with Gasteiger partial charge in [0.25, 0.3) is 5.91 Å². The summed E-state index contributed by atoms with van der Waals surface area (Å²) in [5, 5.41) is 6.42. The highest BCUT2D eigenvalue weighted by Crippen LogP contribution is 2.25. The Kier molecular flexibility index (Phi) is 6.21. The van der Waals surface area contributed by atoms with Crippen LogP contribution in [-0.2, 0) is 4.79 Å². The van der Waals surface area contributed by atoms with E-state index in [1.54, 1.807) is 22.6 Å². The molecule has 3 rings (SSSR count). The third-order valence-corrected chi connectivity index (χ3v) is 5.04. The lowest BCUT2D eigenvalue weighted by atomic mass is 10.2. The Labute approximate surface area is 172 Å². The highest BCUT2D eigenvalue weighted by atomic mass is 35.5. The lowest BCUT2D eigenvalue weighted by Crippen LogP contribution is -2.27. The first-order chi connectivity index (χ1) is 13.4. The number of nitrogens with zero attached hydrogens (tertiary/aromatic N) is 2. The molecule has 2 N–H and O–H groups in total. The number of pyridine rings is 1. The summed E-state index contributed by atoms with van der Waals surface area (Å²) < 4.78 is 1.79. The number of carbonyl (C=O) groups excluding carboxylic acids is 2. The minimum Gasteiger partial charge on any atom is -0.351 e. The summed E-state index contributed by atoms with van der Waals surface area (Å²) in [4.78, 5) is 29.1. The Morgan fingerprint density at radius 2 is 1.93 bits per heavy atom. The van der Waals surface area contributed by atoms with E-state index >= 15 is 0 Å². The molecule has 0 bridgehead atoms. The van der Waals surface area contributed by atoms with Crippen molar-refractivity contribution in [2.24, 2.45) is 0 Å². The number of benzene rings is 1. The molecule has 0 spiro atoms. The Bertz CT molecular complexity index is 1050. The molecule has 0 atom stereocenters. The minimum absolute atomic E-state index is 0.158. The predicted octanol–water partition coefficient (Wildman–Crippen LogP) is 4.41. The second-order valence-corrected chi connectivity index (χ2v) is 7.28. The largest absolute Gasteiger partial charge is 0.351 e. The lowest BCUT2D eigenvalue weighted by Gasteiger charge is -2.08. The van der Waals surface area contributed by atoms with Crippen LogP contribution in [-0.4, -0.2) is 27.7 Å². The number of amides is 2. The number of hydrogen-bond acceptors (Lipinski definition) is 3. The maximum atomic E-state index is 12.6. The molecule has 1 aromatic carbocycles. The molecule has 0 fully saturated rings. The van der Waals surface area contributed by atoms with Crippen LogP contribution in [0.25, 0.3) is 5.65 Å². The quantitative estimate of drug-likeness (QED) is 0.582. The van der Waals surface area contributed by atoms with Crippen molar-refractivity contribution in [1.82, 2.24) is 14.7 Å². The van der Waals surface area contributed by atoms with Crippen molar-refractivity contribution in [3.05, 3.63) is 63.5 Å². The summed E-state index contributed by atoms with van der Waals surface area (Å²) in [5.41, 5.74) is 3.54. The molecule has 0 saturated carbocycles. The number of hydrogen-bond donors (Lipinski definition) is 2. The van der Waals surface area contributed by atoms with Crippen LogP contribution in [0.15, 0.2) is 36.5 Å². The monoisotopic (exact) mass is 418 g/mol. The van der Waals surface area contributed by atoms with Gasteiger partial charge in [0, 0.05) is 24.8 Å². The van der Waals surface area contributed by atoms with E-state index in [2.05, 4.69) is 15.6 Å². The standard InChI is InChI=1S/C20H20Cl2N4O2/c1-12-5-4-10-26-18(13(2)24-19(12)26)20(28)23-9-3-6-17(27)25-14-7-8-15(21)16(22)11-14/h4-5,7-8,10-11H,3,6,9H2,1-2H3,(H,23,28)(H,25,27). The van der Waals surface area contributed by atoms with Crippen molar-refractivity contribution in [1.29, 1.82) is 0 Å². The molecule has 0 aliphatic rings. The number of rotatable bonds is 6. The van der Waals surface area contributed by atoms with Gasteiger partial charge in [-0.1, -0.05) is 29.3 Å². The molecule has 0 unspecified atom stereocenters. The number of nitrogens with one attached hydrogen (secondary N) is 2. The van der Waals surface area contributed by atoms with E-state index in [0.717, 1.165) is 11.2 Å². The first-order valence-electron chi connectivity index (χ1n) is 8.84. The van der Waals surface area contributed by atoms with Gasteiger partial charge in [0.05, 0.1) is 15.7 Å². The fourth-order valence-electron chi connectivity index (χ4n) is 2.92. The first kappa shape index (κ1) is 20.2. The van der Waals surface area contributed by atoms with Gasteiger partial charge in [0.2, 0.25) is 5.91 Å². The van der Waals surface area contributed by atoms with Gasteiger partial charge in [-0.3, -0.25) is 14.0 Å². The highest BCUT2D eigenvalue weighted by Gasteiger charge is 2.17. The van der Waals surface area contributed by atoms with Crippen LogP contribution in [0.1, 0.15) is 34.6 Å². The molecule has 2 aromatic heterocycles. The molecule has 2 heterocycles. The zero-order valence-electron chi connectivity index (χ0n) is 15.6. The van der Waals surface area contributed by atoms with Gasteiger partial charge in [-0.15, -0.1) is 0 Å². The van der Waals surface area contributed by atoms with Crippen molar-refractivity contribution in [2.75, 3.05) is 11.9 Å². The van der Waals surface area contributed by atoms with Crippen molar-refractivity contribution in [2.45, 2.75) is 26.7 Å². The third kappa shape index (κ3) is 4.46. The minimum atomic E-state index is -0.208. The Morgan fingerprint density at radius 1 is 1.14 bits per heavy atom. The molecule has 2 amide bonds. The van der Waals surface area contributed by atoms with Gasteiger partial charge >= 0.3 is 0 Å². The zero-order valence-corrected chi connectivity index (χ0v) is 17.1. The van der Waals surface area contributed by atoms with E-state index in [-0.39, 0.29) is 18.2 Å². The summed E-state index contributed by atoms with van der Waals surface area (Å²) in [6, 6.07) is 8.74. The fourth-order valence-corrected chi connectivity index (χ4v) is 3.22. The summed E-state index contributed by atoms with van der Waals surface area (Å²) >= 11 is 11.8. The molecule has 0 aliphatic heterocycles. The van der Waals surface area contributed by atoms with Gasteiger partial charge in [-0.2, -0.15) is 0 Å². The molecule has 28 heavy (non-hydrogen) atoms. The number of aromatic nitrogens is 2. The maximum Gasteiger partial charge on any atom is 0.270 e. The average molecular weight is 419 g/mol. The van der Waals surface area contributed by atoms with E-state index in [1.165, 1.54) is 0 Å². The number of imidazole rings is 1. The van der Waals surface area contributed by atoms with E-state index in [9.17, 15) is 9.59 Å². The summed E-state index contributed by atoms with van der Waals surface area (Å²) in [7, 11) is 0. The van der Waals surface area contributed by atoms with Crippen LogP contribution in [0, 0.1) is 13.8 Å². The van der Waals surface area contributed by atoms with Crippen LogP contribution in [0.4, 0.5) is 5.69 Å². The predicted molar refractivity (Wildman–Crippen MR) is 111 cm³/mol. The number of halogens is 2. The SMILES string of the molecule is Cc1nc2c(C)cccn2c1C(=O)NCCCC(=O)Nc1ccc(Cl)c(Cl)c1. The van der Waals surface area contributed by atoms with Gasteiger partial charge in [-0.25, -0.2) is 4.98 Å². The Balaban J connectivity index is 1.52. The van der Waals surface area contributed by atoms with Crippen molar-refractivity contribution in [3.8, 4) is 0 Å². The van der Waals surface area contributed by atoms with Crippen molar-refractivity contribution >= 4 is 46.4 Å². The fraction of sp³-hybridized carbons (Fsp3) is 0.250. The van der Waals surface area contributed by atoms with Gasteiger partial charge in [0.15, 0.2) is 0 Å². The molecular weight excluding hydrogens is 399 g/mol. The van der Waals surface area contributed by atoms with Gasteiger partial charge in [-0.05, 0) is 50.1 Å². The average Bonchev–Trinajstić information content (AvgIpc) is 2.99. The van der Waals surface area contributed by atoms with Crippen molar-refractivity contribution < 1.29 is 9.59 Å². The maximum absolute atomic E-state index is 12.6. The molecule has 3 aromatic rings. The van der Waals surface area contributed by atoms with E-state index < -0.39 is 0 Å². The van der Waals surface area contributed by atoms with Gasteiger partial charge in [0.1, 0.15) is 11.3 Å². The molecule has 0 aliphatic carbocycles. The smallest absolute Gasteiger partial charge is 0.270 e. The molecule has 8 heteroatoms. The van der Waals surface area contributed by atoms with Gasteiger partial charge < -0.3 is 10.6 Å². The molecule has 0 radical (unpaired) electrons. The molecular formula is C20H20Cl2N4O2.